The predicted octanol–water partition coefficient (Wildman–Crippen LogP) is 2.20. The first-order chi connectivity index (χ1) is 13.3. The summed E-state index contributed by atoms with van der Waals surface area (Å²) in [6, 6.07) is 10.1. The van der Waals surface area contributed by atoms with Gasteiger partial charge in [-0.1, -0.05) is 12.1 Å². The van der Waals surface area contributed by atoms with Crippen LogP contribution in [0.1, 0.15) is 43.3 Å². The van der Waals surface area contributed by atoms with Crippen LogP contribution in [0.4, 0.5) is 0 Å². The minimum Gasteiger partial charge on any atom is -0.491 e. The predicted molar refractivity (Wildman–Crippen MR) is 107 cm³/mol. The fourth-order valence-corrected chi connectivity index (χ4v) is 3.34. The summed E-state index contributed by atoms with van der Waals surface area (Å²) in [4.78, 5) is 15.7. The number of carbonyl (C=O) groups is 1. The average Bonchev–Trinajstić information content (AvgIpc) is 3.04. The molecular weight excluding hydrogens is 356 g/mol. The molecular formula is C21H30N4O3. The van der Waals surface area contributed by atoms with Crippen molar-refractivity contribution in [3.05, 3.63) is 47.3 Å². The van der Waals surface area contributed by atoms with E-state index in [-0.39, 0.29) is 18.4 Å². The van der Waals surface area contributed by atoms with Crippen molar-refractivity contribution >= 4 is 5.91 Å². The van der Waals surface area contributed by atoms with E-state index < -0.39 is 6.10 Å². The van der Waals surface area contributed by atoms with Gasteiger partial charge in [-0.2, -0.15) is 5.10 Å². The van der Waals surface area contributed by atoms with Crippen molar-refractivity contribution in [3.8, 4) is 5.75 Å². The van der Waals surface area contributed by atoms with Crippen LogP contribution in [0.25, 0.3) is 0 Å². The number of carbonyl (C=O) groups excluding carboxylic acids is 1. The third kappa shape index (κ3) is 5.11. The summed E-state index contributed by atoms with van der Waals surface area (Å²) < 4.78 is 7.72. The normalized spacial score (nSPS) is 15.4. The van der Waals surface area contributed by atoms with Gasteiger partial charge in [0.15, 0.2) is 0 Å². The molecule has 152 valence electrons. The molecule has 0 saturated carbocycles. The Hall–Kier alpha value is -2.38. The van der Waals surface area contributed by atoms with Crippen LogP contribution in [0.3, 0.4) is 0 Å². The van der Waals surface area contributed by atoms with Crippen LogP contribution in [0.5, 0.6) is 5.75 Å². The number of ether oxygens (including phenoxy) is 1. The first kappa shape index (κ1) is 20.4. The minimum absolute atomic E-state index is 0.0514. The van der Waals surface area contributed by atoms with Crippen LogP contribution < -0.4 is 4.74 Å². The molecule has 0 aliphatic carbocycles. The molecule has 2 aromatic rings. The van der Waals surface area contributed by atoms with E-state index in [1.165, 1.54) is 10.5 Å². The fourth-order valence-electron chi connectivity index (χ4n) is 3.34. The highest BCUT2D eigenvalue weighted by atomic mass is 16.5. The Labute approximate surface area is 166 Å². The average molecular weight is 386 g/mol. The molecule has 1 aromatic carbocycles. The van der Waals surface area contributed by atoms with E-state index in [0.717, 1.165) is 37.6 Å². The van der Waals surface area contributed by atoms with Gasteiger partial charge in [0.05, 0.1) is 30.5 Å². The van der Waals surface area contributed by atoms with E-state index in [0.29, 0.717) is 5.69 Å². The maximum atomic E-state index is 11.8. The molecule has 1 aromatic heterocycles. The second kappa shape index (κ2) is 8.75. The van der Waals surface area contributed by atoms with E-state index in [1.54, 1.807) is 14.1 Å². The number of benzene rings is 1. The number of amides is 1. The molecule has 0 radical (unpaired) electrons. The Balaban J connectivity index is 1.63. The topological polar surface area (TPSA) is 70.8 Å². The number of aromatic nitrogens is 2. The highest BCUT2D eigenvalue weighted by Crippen LogP contribution is 2.23. The summed E-state index contributed by atoms with van der Waals surface area (Å²) in [6.45, 7) is 7.29. The summed E-state index contributed by atoms with van der Waals surface area (Å²) >= 11 is 0. The van der Waals surface area contributed by atoms with E-state index >= 15 is 0 Å². The van der Waals surface area contributed by atoms with Gasteiger partial charge >= 0.3 is 0 Å². The van der Waals surface area contributed by atoms with Gasteiger partial charge < -0.3 is 14.7 Å². The Morgan fingerprint density at radius 1 is 1.29 bits per heavy atom. The molecule has 7 heteroatoms. The lowest BCUT2D eigenvalue weighted by atomic mass is 10.1. The summed E-state index contributed by atoms with van der Waals surface area (Å²) in [6.07, 6.45) is -0.661. The van der Waals surface area contributed by atoms with Crippen molar-refractivity contribution in [1.29, 1.82) is 0 Å². The number of hydrogen-bond donors (Lipinski definition) is 1. The van der Waals surface area contributed by atoms with Gasteiger partial charge in [0.2, 0.25) is 5.91 Å². The van der Waals surface area contributed by atoms with E-state index in [2.05, 4.69) is 22.1 Å². The Morgan fingerprint density at radius 3 is 2.79 bits per heavy atom. The lowest BCUT2D eigenvalue weighted by molar-refractivity contribution is -0.130. The molecule has 7 nitrogen and oxygen atoms in total. The lowest BCUT2D eigenvalue weighted by Gasteiger charge is -2.27. The van der Waals surface area contributed by atoms with Crippen LogP contribution in [0.15, 0.2) is 30.3 Å². The lowest BCUT2D eigenvalue weighted by Crippen LogP contribution is -2.33. The molecule has 0 spiro atoms. The summed E-state index contributed by atoms with van der Waals surface area (Å²) in [7, 11) is 3.37. The zero-order valence-electron chi connectivity index (χ0n) is 17.1. The molecule has 1 atom stereocenters. The maximum Gasteiger partial charge on any atom is 0.225 e. The highest BCUT2D eigenvalue weighted by Gasteiger charge is 2.23. The Bertz CT molecular complexity index is 816. The molecule has 0 bridgehead atoms. The molecule has 0 saturated heterocycles. The molecule has 0 fully saturated rings. The molecule has 28 heavy (non-hydrogen) atoms. The van der Waals surface area contributed by atoms with Crippen LogP contribution >= 0.6 is 0 Å². The largest absolute Gasteiger partial charge is 0.491 e. The summed E-state index contributed by atoms with van der Waals surface area (Å²) in [5.74, 6) is 0.786. The molecule has 1 amide bonds. The molecule has 1 aliphatic rings. The number of nitrogens with zero attached hydrogens (tertiary/aromatic N) is 4. The number of fused-ring (bicyclic) bond motifs is 1. The van der Waals surface area contributed by atoms with Crippen LogP contribution in [0, 0.1) is 0 Å². The zero-order valence-corrected chi connectivity index (χ0v) is 17.1. The second-order valence-corrected chi connectivity index (χ2v) is 7.82. The maximum absolute atomic E-state index is 11.8. The van der Waals surface area contributed by atoms with Crippen LogP contribution in [-0.4, -0.2) is 57.3 Å². The van der Waals surface area contributed by atoms with Gasteiger partial charge in [0, 0.05) is 33.7 Å². The van der Waals surface area contributed by atoms with Gasteiger partial charge in [-0.25, -0.2) is 0 Å². The first-order valence-electron chi connectivity index (χ1n) is 9.74. The second-order valence-electron chi connectivity index (χ2n) is 7.82. The van der Waals surface area contributed by atoms with Crippen LogP contribution in [-0.2, 0) is 24.4 Å². The molecule has 1 N–H and O–H groups in total. The van der Waals surface area contributed by atoms with Crippen LogP contribution in [0.2, 0.25) is 0 Å². The molecule has 1 unspecified atom stereocenters. The molecule has 1 aliphatic heterocycles. The Morgan fingerprint density at radius 2 is 2.07 bits per heavy atom. The van der Waals surface area contributed by atoms with E-state index in [1.807, 2.05) is 36.7 Å². The van der Waals surface area contributed by atoms with Gasteiger partial charge in [0.1, 0.15) is 11.9 Å². The number of rotatable bonds is 7. The standard InChI is InChI=1S/C21H30N4O3/c1-15(2)28-18-7-5-6-16(10-18)13-24-8-9-25-17(14-24)11-19(22-25)20(26)12-21(27)23(3)4/h5-7,10-11,15,20,26H,8-9,12-14H2,1-4H3. The number of aliphatic hydroxyl groups excluding tert-OH is 1. The van der Waals surface area contributed by atoms with Crippen molar-refractivity contribution in [1.82, 2.24) is 19.6 Å². The fraction of sp³-hybridized carbons (Fsp3) is 0.524. The smallest absolute Gasteiger partial charge is 0.225 e. The monoisotopic (exact) mass is 386 g/mol. The first-order valence-corrected chi connectivity index (χ1v) is 9.74. The summed E-state index contributed by atoms with van der Waals surface area (Å²) in [5.41, 5.74) is 2.84. The number of hydrogen-bond acceptors (Lipinski definition) is 5. The third-order valence-corrected chi connectivity index (χ3v) is 4.78. The Kier molecular flexibility index (Phi) is 6.36. The van der Waals surface area contributed by atoms with Crippen molar-refractivity contribution in [3.63, 3.8) is 0 Å². The quantitative estimate of drug-likeness (QED) is 0.790. The van der Waals surface area contributed by atoms with Crippen molar-refractivity contribution < 1.29 is 14.6 Å². The minimum atomic E-state index is -0.869. The van der Waals surface area contributed by atoms with Crippen molar-refractivity contribution in [2.45, 2.75) is 52.1 Å². The number of aliphatic hydroxyl groups is 1. The highest BCUT2D eigenvalue weighted by molar-refractivity contribution is 5.76. The van der Waals surface area contributed by atoms with Gasteiger partial charge in [-0.15, -0.1) is 0 Å². The third-order valence-electron chi connectivity index (χ3n) is 4.78. The summed E-state index contributed by atoms with van der Waals surface area (Å²) in [5, 5.41) is 14.8. The van der Waals surface area contributed by atoms with Gasteiger partial charge in [0.25, 0.3) is 0 Å². The zero-order chi connectivity index (χ0) is 20.3. The molecule has 3 rings (SSSR count). The van der Waals surface area contributed by atoms with Gasteiger partial charge in [-0.3, -0.25) is 14.4 Å². The molecule has 2 heterocycles. The van der Waals surface area contributed by atoms with Gasteiger partial charge in [-0.05, 0) is 37.6 Å². The van der Waals surface area contributed by atoms with E-state index in [4.69, 9.17) is 4.74 Å². The van der Waals surface area contributed by atoms with E-state index in [9.17, 15) is 9.90 Å². The van der Waals surface area contributed by atoms with Crippen molar-refractivity contribution in [2.75, 3.05) is 20.6 Å². The van der Waals surface area contributed by atoms with Crippen molar-refractivity contribution in [2.24, 2.45) is 0 Å². The SMILES string of the molecule is CC(C)Oc1cccc(CN2CCn3nc(C(O)CC(=O)N(C)C)cc3C2)c1.